The van der Waals surface area contributed by atoms with Crippen LogP contribution in [0.3, 0.4) is 0 Å². The van der Waals surface area contributed by atoms with E-state index in [1.807, 2.05) is 6.07 Å². The molecule has 1 heterocycles. The number of phenolic OH excluding ortho intramolecular Hbond substituents is 1. The van der Waals surface area contributed by atoms with E-state index in [1.54, 1.807) is 12.1 Å². The first-order valence-corrected chi connectivity index (χ1v) is 8.36. The van der Waals surface area contributed by atoms with Gasteiger partial charge in [-0.2, -0.15) is 5.26 Å². The second-order valence-corrected chi connectivity index (χ2v) is 7.84. The van der Waals surface area contributed by atoms with Crippen LogP contribution in [0.5, 0.6) is 5.75 Å². The number of rotatable bonds is 4. The van der Waals surface area contributed by atoms with Crippen molar-refractivity contribution in [3.05, 3.63) is 36.0 Å². The van der Waals surface area contributed by atoms with Crippen molar-refractivity contribution in [3.8, 4) is 11.8 Å². The number of phenols is 1. The fraction of sp³-hybridized carbons (Fsp3) is 0.474. The lowest BCUT2D eigenvalue weighted by Crippen LogP contribution is -2.61. The smallest absolute Gasteiger partial charge is 0.267 e. The quantitative estimate of drug-likeness (QED) is 0.498. The molecule has 1 aromatic rings. The molecule has 0 aromatic heterocycles. The number of carbonyl (C=O) groups excluding carboxylic acids is 1. The summed E-state index contributed by atoms with van der Waals surface area (Å²) in [5.41, 5.74) is 0.390. The molecule has 1 aromatic carbocycles. The Morgan fingerprint density at radius 1 is 1.32 bits per heavy atom. The normalized spacial score (nSPS) is 19.7. The van der Waals surface area contributed by atoms with Gasteiger partial charge >= 0.3 is 0 Å². The predicted molar refractivity (Wildman–Crippen MR) is 97.9 cm³/mol. The molecule has 0 unspecified atom stereocenters. The summed E-state index contributed by atoms with van der Waals surface area (Å²) in [6.45, 7) is 8.58. The maximum atomic E-state index is 12.2. The molecule has 2 rings (SSSR count). The third kappa shape index (κ3) is 5.50. The summed E-state index contributed by atoms with van der Waals surface area (Å²) in [5.74, 6) is -0.453. The number of anilines is 1. The Labute approximate surface area is 148 Å². The fourth-order valence-electron chi connectivity index (χ4n) is 3.57. The van der Waals surface area contributed by atoms with Crippen LogP contribution >= 0.6 is 0 Å². The number of hydrogen-bond donors (Lipinski definition) is 4. The highest BCUT2D eigenvalue weighted by Gasteiger charge is 2.37. The Hall–Kier alpha value is -2.52. The SMILES string of the molecule is CC1(C)CC(N/C=C(/C#N)C(=O)Nc2cccc(O)c2)CC(C)(C)N1. The maximum absolute atomic E-state index is 12.2. The Morgan fingerprint density at radius 2 is 1.96 bits per heavy atom. The largest absolute Gasteiger partial charge is 0.508 e. The lowest BCUT2D eigenvalue weighted by atomic mass is 9.80. The van der Waals surface area contributed by atoms with Gasteiger partial charge in [-0.1, -0.05) is 6.07 Å². The van der Waals surface area contributed by atoms with E-state index in [1.165, 1.54) is 18.3 Å². The molecule has 0 bridgehead atoms. The van der Waals surface area contributed by atoms with Crippen LogP contribution in [0.25, 0.3) is 0 Å². The summed E-state index contributed by atoms with van der Waals surface area (Å²) in [4.78, 5) is 12.2. The van der Waals surface area contributed by atoms with Crippen molar-refractivity contribution in [2.45, 2.75) is 57.7 Å². The molecule has 6 nitrogen and oxygen atoms in total. The maximum Gasteiger partial charge on any atom is 0.267 e. The number of benzene rings is 1. The van der Waals surface area contributed by atoms with Crippen molar-refractivity contribution in [2.75, 3.05) is 5.32 Å². The van der Waals surface area contributed by atoms with E-state index in [0.717, 1.165) is 12.8 Å². The van der Waals surface area contributed by atoms with Gasteiger partial charge in [0.2, 0.25) is 0 Å². The van der Waals surface area contributed by atoms with Gasteiger partial charge < -0.3 is 21.1 Å². The van der Waals surface area contributed by atoms with Gasteiger partial charge in [-0.15, -0.1) is 0 Å². The molecular formula is C19H26N4O2. The first-order valence-electron chi connectivity index (χ1n) is 8.36. The number of piperidine rings is 1. The third-order valence-corrected chi connectivity index (χ3v) is 4.12. The van der Waals surface area contributed by atoms with Crippen molar-refractivity contribution < 1.29 is 9.90 Å². The van der Waals surface area contributed by atoms with Gasteiger partial charge in [-0.05, 0) is 52.7 Å². The van der Waals surface area contributed by atoms with E-state index in [9.17, 15) is 15.2 Å². The molecule has 0 spiro atoms. The molecular weight excluding hydrogens is 316 g/mol. The fourth-order valence-corrected chi connectivity index (χ4v) is 3.57. The number of aromatic hydroxyl groups is 1. The molecule has 0 saturated carbocycles. The van der Waals surface area contributed by atoms with E-state index in [-0.39, 0.29) is 28.4 Å². The Bertz CT molecular complexity index is 700. The molecule has 0 atom stereocenters. The molecule has 4 N–H and O–H groups in total. The number of nitriles is 1. The van der Waals surface area contributed by atoms with Crippen molar-refractivity contribution in [1.29, 1.82) is 5.26 Å². The van der Waals surface area contributed by atoms with Crippen LogP contribution in [0.2, 0.25) is 0 Å². The highest BCUT2D eigenvalue weighted by Crippen LogP contribution is 2.28. The van der Waals surface area contributed by atoms with Crippen LogP contribution in [-0.2, 0) is 4.79 Å². The number of nitrogens with one attached hydrogen (secondary N) is 3. The molecule has 1 aliphatic heterocycles. The van der Waals surface area contributed by atoms with E-state index in [0.29, 0.717) is 5.69 Å². The lowest BCUT2D eigenvalue weighted by Gasteiger charge is -2.46. The number of hydrogen-bond acceptors (Lipinski definition) is 5. The zero-order valence-electron chi connectivity index (χ0n) is 15.2. The van der Waals surface area contributed by atoms with Gasteiger partial charge in [0.15, 0.2) is 0 Å². The van der Waals surface area contributed by atoms with Crippen LogP contribution in [0.4, 0.5) is 5.69 Å². The average molecular weight is 342 g/mol. The van der Waals surface area contributed by atoms with Gasteiger partial charge in [-0.3, -0.25) is 4.79 Å². The minimum Gasteiger partial charge on any atom is -0.508 e. The first-order chi connectivity index (χ1) is 11.6. The van der Waals surface area contributed by atoms with E-state index < -0.39 is 5.91 Å². The summed E-state index contributed by atoms with van der Waals surface area (Å²) in [7, 11) is 0. The molecule has 25 heavy (non-hydrogen) atoms. The molecule has 134 valence electrons. The number of carbonyl (C=O) groups is 1. The summed E-state index contributed by atoms with van der Waals surface area (Å²) in [6, 6.07) is 8.31. The molecule has 6 heteroatoms. The second-order valence-electron chi connectivity index (χ2n) is 7.84. The van der Waals surface area contributed by atoms with E-state index in [2.05, 4.69) is 43.6 Å². The van der Waals surface area contributed by atoms with E-state index >= 15 is 0 Å². The topological polar surface area (TPSA) is 97.2 Å². The summed E-state index contributed by atoms with van der Waals surface area (Å²) in [5, 5.41) is 28.2. The van der Waals surface area contributed by atoms with Gasteiger partial charge in [0.1, 0.15) is 17.4 Å². The summed E-state index contributed by atoms with van der Waals surface area (Å²) < 4.78 is 0. The van der Waals surface area contributed by atoms with Crippen molar-refractivity contribution in [3.63, 3.8) is 0 Å². The lowest BCUT2D eigenvalue weighted by molar-refractivity contribution is -0.112. The van der Waals surface area contributed by atoms with E-state index in [4.69, 9.17) is 0 Å². The highest BCUT2D eigenvalue weighted by molar-refractivity contribution is 6.06. The van der Waals surface area contributed by atoms with Crippen LogP contribution in [0.15, 0.2) is 36.0 Å². The molecule has 0 aliphatic carbocycles. The van der Waals surface area contributed by atoms with Crippen LogP contribution < -0.4 is 16.0 Å². The van der Waals surface area contributed by atoms with Crippen molar-refractivity contribution in [1.82, 2.24) is 10.6 Å². The average Bonchev–Trinajstić information content (AvgIpc) is 2.44. The molecule has 1 saturated heterocycles. The summed E-state index contributed by atoms with van der Waals surface area (Å²) >= 11 is 0. The second kappa shape index (κ2) is 7.16. The molecule has 1 fully saturated rings. The van der Waals surface area contributed by atoms with Gasteiger partial charge in [0, 0.05) is 35.1 Å². The zero-order chi connectivity index (χ0) is 18.7. The minimum atomic E-state index is -0.506. The Morgan fingerprint density at radius 3 is 2.52 bits per heavy atom. The van der Waals surface area contributed by atoms with Crippen LogP contribution in [0, 0.1) is 11.3 Å². The van der Waals surface area contributed by atoms with Gasteiger partial charge in [0.05, 0.1) is 0 Å². The monoisotopic (exact) mass is 342 g/mol. The number of amides is 1. The molecule has 1 aliphatic rings. The van der Waals surface area contributed by atoms with Crippen LogP contribution in [0.1, 0.15) is 40.5 Å². The zero-order valence-corrected chi connectivity index (χ0v) is 15.2. The van der Waals surface area contributed by atoms with Crippen molar-refractivity contribution in [2.24, 2.45) is 0 Å². The Kier molecular flexibility index (Phi) is 5.39. The van der Waals surface area contributed by atoms with Crippen LogP contribution in [-0.4, -0.2) is 28.1 Å². The Balaban J connectivity index is 2.04. The molecule has 0 radical (unpaired) electrons. The standard InChI is InChI=1S/C19H26N4O2/c1-18(2)9-15(10-19(3,4)23-18)21-12-13(11-20)17(25)22-14-6-5-7-16(24)8-14/h5-8,12,15,21,23-24H,9-10H2,1-4H3,(H,22,25)/b13-12-. The highest BCUT2D eigenvalue weighted by atomic mass is 16.3. The number of nitrogens with zero attached hydrogens (tertiary/aromatic N) is 1. The third-order valence-electron chi connectivity index (χ3n) is 4.12. The van der Waals surface area contributed by atoms with Crippen molar-refractivity contribution >= 4 is 11.6 Å². The van der Waals surface area contributed by atoms with Gasteiger partial charge in [0.25, 0.3) is 5.91 Å². The first kappa shape index (κ1) is 18.8. The summed E-state index contributed by atoms with van der Waals surface area (Å²) in [6.07, 6.45) is 3.26. The van der Waals surface area contributed by atoms with Gasteiger partial charge in [-0.25, -0.2) is 0 Å². The predicted octanol–water partition coefficient (Wildman–Crippen LogP) is 2.64. The molecule has 1 amide bonds. The minimum absolute atomic E-state index is 0.00233.